The van der Waals surface area contributed by atoms with Gasteiger partial charge in [0.25, 0.3) is 0 Å². The fourth-order valence-corrected chi connectivity index (χ4v) is 33.3. The molecule has 0 aromatic heterocycles. The topological polar surface area (TPSA) is 0 Å². The second-order valence-corrected chi connectivity index (χ2v) is 44.8. The standard InChI is InChI=1S/2C33H45.2Sn/c2*1-30(2,3)26-16-24(17-27(20-26)31(4,5)6)22-13-14-23(15-22)25-18-28(32(7,8)9)21-29(19-25)33(10,11)12;;/h2*13-21H,1-12H3;;. The Bertz CT molecular complexity index is 2270. The third kappa shape index (κ3) is 12.5. The van der Waals surface area contributed by atoms with Gasteiger partial charge in [0.2, 0.25) is 0 Å². The Morgan fingerprint density at radius 3 is 0.471 bits per heavy atom. The SMILES string of the molecule is CC(C)(C)c1cc(C2=CC=C(c3cc(C(C)(C)C)cc(C(C)(C)C)c3)[CH]2[Sn]#[Sn][CH]2C(c3cc(C(C)(C)C)cc(C(C)(C)C)c3)=CC=C2c2cc(C(C)(C)C)cc(C(C)(C)C)c2)cc(C(C)(C)C)c1. The third-order valence-corrected chi connectivity index (χ3v) is 34.4. The van der Waals surface area contributed by atoms with Gasteiger partial charge in [-0.1, -0.05) is 0 Å². The van der Waals surface area contributed by atoms with Crippen molar-refractivity contribution in [3.63, 3.8) is 0 Å². The van der Waals surface area contributed by atoms with Crippen molar-refractivity contribution in [1.29, 1.82) is 0 Å². The molecule has 0 radical (unpaired) electrons. The molecule has 0 spiro atoms. The molecular weight excluding hydrogens is 1030 g/mol. The number of hydrogen-bond donors (Lipinski definition) is 0. The van der Waals surface area contributed by atoms with E-state index < -0.39 is 32.5 Å². The summed E-state index contributed by atoms with van der Waals surface area (Å²) < 4.78 is 0.938. The van der Waals surface area contributed by atoms with Crippen LogP contribution in [0.25, 0.3) is 22.3 Å². The molecule has 0 aliphatic heterocycles. The molecule has 0 heterocycles. The average molecular weight is 1120 g/mol. The maximum atomic E-state index is 2.58. The molecule has 4 aromatic carbocycles. The quantitative estimate of drug-likeness (QED) is 0.179. The van der Waals surface area contributed by atoms with Crippen LogP contribution < -0.4 is 0 Å². The van der Waals surface area contributed by atoms with Crippen LogP contribution in [0.2, 0.25) is 7.87 Å². The van der Waals surface area contributed by atoms with Gasteiger partial charge in [-0.05, 0) is 0 Å². The first kappa shape index (κ1) is 54.8. The Labute approximate surface area is 432 Å². The molecule has 0 fully saturated rings. The molecule has 68 heavy (non-hydrogen) atoms. The molecule has 0 atom stereocenters. The van der Waals surface area contributed by atoms with Gasteiger partial charge in [-0.15, -0.1) is 0 Å². The Morgan fingerprint density at radius 1 is 0.221 bits per heavy atom. The molecule has 2 aliphatic carbocycles. The minimum atomic E-state index is -1.10. The normalized spacial score (nSPS) is 16.1. The molecule has 0 amide bonds. The van der Waals surface area contributed by atoms with Gasteiger partial charge in [-0.2, -0.15) is 0 Å². The van der Waals surface area contributed by atoms with Gasteiger partial charge in [0.05, 0.1) is 0 Å². The summed E-state index contributed by atoms with van der Waals surface area (Å²) >= 11 is -2.20. The molecule has 2 heteroatoms. The Balaban J connectivity index is 1.67. The second kappa shape index (κ2) is 18.8. The van der Waals surface area contributed by atoms with Gasteiger partial charge in [0.15, 0.2) is 0 Å². The minimum absolute atomic E-state index is 0.0461. The molecular formula is C66H90Sn2. The van der Waals surface area contributed by atoms with Crippen LogP contribution in [-0.4, -0.2) is 32.5 Å². The van der Waals surface area contributed by atoms with Crippen LogP contribution in [0.3, 0.4) is 0 Å². The van der Waals surface area contributed by atoms with Crippen molar-refractivity contribution in [2.24, 2.45) is 0 Å². The third-order valence-electron chi connectivity index (χ3n) is 14.5. The van der Waals surface area contributed by atoms with Gasteiger partial charge in [0.1, 0.15) is 0 Å². The zero-order valence-corrected chi connectivity index (χ0v) is 53.1. The molecule has 2 aliphatic rings. The van der Waals surface area contributed by atoms with E-state index >= 15 is 0 Å². The van der Waals surface area contributed by atoms with Crippen LogP contribution in [-0.2, 0) is 43.3 Å². The van der Waals surface area contributed by atoms with Crippen molar-refractivity contribution in [1.82, 2.24) is 0 Å². The molecule has 0 unspecified atom stereocenters. The van der Waals surface area contributed by atoms with Crippen LogP contribution in [0, 0.1) is 0 Å². The first-order valence-corrected chi connectivity index (χ1v) is 40.0. The van der Waals surface area contributed by atoms with E-state index in [1.54, 1.807) is 22.3 Å². The van der Waals surface area contributed by atoms with Crippen LogP contribution in [0.5, 0.6) is 0 Å². The van der Waals surface area contributed by atoms with Crippen LogP contribution in [0.4, 0.5) is 0 Å². The van der Waals surface area contributed by atoms with Crippen molar-refractivity contribution >= 4 is 54.8 Å². The van der Waals surface area contributed by atoms with Gasteiger partial charge in [0, 0.05) is 0 Å². The summed E-state index contributed by atoms with van der Waals surface area (Å²) in [4.78, 5) is 0. The first-order chi connectivity index (χ1) is 30.7. The molecule has 0 saturated heterocycles. The van der Waals surface area contributed by atoms with Crippen molar-refractivity contribution in [2.75, 3.05) is 0 Å². The second-order valence-electron chi connectivity index (χ2n) is 28.8. The fourth-order valence-electron chi connectivity index (χ4n) is 9.25. The Morgan fingerprint density at radius 2 is 0.353 bits per heavy atom. The summed E-state index contributed by atoms with van der Waals surface area (Å²) in [6.45, 7) is 57.4. The predicted octanol–water partition coefficient (Wildman–Crippen LogP) is 18.6. The van der Waals surface area contributed by atoms with Crippen LogP contribution >= 0.6 is 0 Å². The van der Waals surface area contributed by atoms with Gasteiger partial charge < -0.3 is 0 Å². The van der Waals surface area contributed by atoms with Crippen molar-refractivity contribution in [2.45, 2.75) is 217 Å². The molecule has 6 rings (SSSR count). The summed E-state index contributed by atoms with van der Waals surface area (Å²) in [6, 6.07) is 30.6. The van der Waals surface area contributed by atoms with Gasteiger partial charge in [-0.25, -0.2) is 0 Å². The summed E-state index contributed by atoms with van der Waals surface area (Å²) in [5.41, 5.74) is 24.0. The van der Waals surface area contributed by atoms with Crippen molar-refractivity contribution in [3.8, 4) is 0 Å². The average Bonchev–Trinajstić information content (AvgIpc) is 3.81. The zero-order valence-electron chi connectivity index (χ0n) is 47.4. The van der Waals surface area contributed by atoms with E-state index in [-0.39, 0.29) is 43.3 Å². The molecule has 362 valence electrons. The van der Waals surface area contributed by atoms with E-state index in [2.05, 4.69) is 263 Å². The van der Waals surface area contributed by atoms with E-state index in [0.29, 0.717) is 7.87 Å². The van der Waals surface area contributed by atoms with Crippen molar-refractivity contribution < 1.29 is 0 Å². The zero-order chi connectivity index (χ0) is 51.1. The Hall–Kier alpha value is -2.56. The number of rotatable bonds is 4. The monoisotopic (exact) mass is 1120 g/mol. The van der Waals surface area contributed by atoms with E-state index in [4.69, 9.17) is 0 Å². The number of hydrogen-bond acceptors (Lipinski definition) is 0. The predicted molar refractivity (Wildman–Crippen MR) is 306 cm³/mol. The van der Waals surface area contributed by atoms with Gasteiger partial charge >= 0.3 is 436 Å². The van der Waals surface area contributed by atoms with E-state index in [1.165, 1.54) is 66.8 Å². The summed E-state index contributed by atoms with van der Waals surface area (Å²) in [5.74, 6) is 0. The van der Waals surface area contributed by atoms with E-state index in [1.807, 2.05) is 0 Å². The maximum absolute atomic E-state index is 2.58. The van der Waals surface area contributed by atoms with Crippen molar-refractivity contribution in [3.05, 3.63) is 164 Å². The molecule has 0 nitrogen and oxygen atoms in total. The van der Waals surface area contributed by atoms with E-state index in [0.717, 1.165) is 0 Å². The van der Waals surface area contributed by atoms with Crippen LogP contribution in [0.1, 0.15) is 233 Å². The summed E-state index contributed by atoms with van der Waals surface area (Å²) in [5, 5.41) is 0. The van der Waals surface area contributed by atoms with Crippen LogP contribution in [0.15, 0.2) is 97.1 Å². The molecule has 0 bridgehead atoms. The van der Waals surface area contributed by atoms with Gasteiger partial charge in [-0.3, -0.25) is 0 Å². The summed E-state index contributed by atoms with van der Waals surface area (Å²) in [7, 11) is 0. The number of allylic oxidation sites excluding steroid dienone is 8. The Kier molecular flexibility index (Phi) is 15.1. The summed E-state index contributed by atoms with van der Waals surface area (Å²) in [6.07, 6.45) is 10.3. The number of benzene rings is 4. The molecule has 4 aromatic rings. The first-order valence-electron chi connectivity index (χ1n) is 25.7. The fraction of sp³-hybridized carbons (Fsp3) is 0.515. The van der Waals surface area contributed by atoms with E-state index in [9.17, 15) is 0 Å². The molecule has 0 N–H and O–H groups in total. The molecule has 0 saturated carbocycles.